The summed E-state index contributed by atoms with van der Waals surface area (Å²) in [5.41, 5.74) is 0.810. The van der Waals surface area contributed by atoms with Crippen LogP contribution in [0.5, 0.6) is 0 Å². The van der Waals surface area contributed by atoms with Crippen LogP contribution in [0.25, 0.3) is 5.78 Å². The van der Waals surface area contributed by atoms with Crippen LogP contribution in [-0.4, -0.2) is 70.3 Å². The lowest BCUT2D eigenvalue weighted by Crippen LogP contribution is -2.40. The maximum atomic E-state index is 12.6. The zero-order valence-electron chi connectivity index (χ0n) is 16.0. The molecule has 1 aliphatic heterocycles. The Balaban J connectivity index is 1.28. The van der Waals surface area contributed by atoms with Gasteiger partial charge in [0.25, 0.3) is 5.78 Å². The van der Waals surface area contributed by atoms with Crippen molar-refractivity contribution in [1.82, 2.24) is 29.2 Å². The first-order valence-electron chi connectivity index (χ1n) is 9.26. The topological polar surface area (TPSA) is 119 Å². The van der Waals surface area contributed by atoms with Crippen molar-refractivity contribution in [1.29, 1.82) is 0 Å². The normalized spacial score (nSPS) is 15.3. The summed E-state index contributed by atoms with van der Waals surface area (Å²) in [4.78, 5) is 20.7. The van der Waals surface area contributed by atoms with Gasteiger partial charge in [-0.25, -0.2) is 17.9 Å². The van der Waals surface area contributed by atoms with Gasteiger partial charge in [0.1, 0.15) is 0 Å². The molecule has 1 N–H and O–H groups in total. The molecular weight excluding hydrogens is 428 g/mol. The monoisotopic (exact) mass is 448 g/mol. The fourth-order valence-electron chi connectivity index (χ4n) is 2.87. The zero-order valence-corrected chi connectivity index (χ0v) is 17.6. The van der Waals surface area contributed by atoms with Gasteiger partial charge in [0, 0.05) is 32.0 Å². The Morgan fingerprint density at radius 1 is 1.20 bits per heavy atom. The van der Waals surface area contributed by atoms with Gasteiger partial charge < -0.3 is 10.1 Å². The maximum Gasteiger partial charge on any atom is 0.253 e. The highest BCUT2D eigenvalue weighted by Crippen LogP contribution is 2.18. The summed E-state index contributed by atoms with van der Waals surface area (Å²) in [6, 6.07) is 8.29. The fourth-order valence-corrected chi connectivity index (χ4v) is 4.93. The number of hydrogen-bond acceptors (Lipinski definition) is 8. The predicted molar refractivity (Wildman–Crippen MR) is 109 cm³/mol. The fraction of sp³-hybridized carbons (Fsp3) is 0.333. The third-order valence-electron chi connectivity index (χ3n) is 4.45. The van der Waals surface area contributed by atoms with Gasteiger partial charge in [0.05, 0.1) is 23.9 Å². The molecule has 3 heterocycles. The van der Waals surface area contributed by atoms with Crippen LogP contribution in [0.15, 0.2) is 52.8 Å². The number of nitrogens with one attached hydrogen (secondary N) is 1. The van der Waals surface area contributed by atoms with E-state index in [0.717, 1.165) is 5.56 Å². The molecule has 0 atom stereocenters. The van der Waals surface area contributed by atoms with Crippen molar-refractivity contribution in [2.75, 3.05) is 32.1 Å². The molecule has 158 valence electrons. The second kappa shape index (κ2) is 9.08. The Bertz CT molecular complexity index is 1090. The molecule has 12 heteroatoms. The number of carbonyl (C=O) groups excluding carboxylic acids is 1. The predicted octanol–water partition coefficient (Wildman–Crippen LogP) is 0.554. The Morgan fingerprint density at radius 3 is 2.70 bits per heavy atom. The summed E-state index contributed by atoms with van der Waals surface area (Å²) < 4.78 is 33.4. The van der Waals surface area contributed by atoms with Gasteiger partial charge >= 0.3 is 0 Å². The number of morpholine rings is 1. The van der Waals surface area contributed by atoms with Crippen LogP contribution in [0.1, 0.15) is 5.56 Å². The lowest BCUT2D eigenvalue weighted by molar-refractivity contribution is -0.118. The van der Waals surface area contributed by atoms with Crippen molar-refractivity contribution in [2.45, 2.75) is 16.6 Å². The molecule has 4 rings (SSSR count). The van der Waals surface area contributed by atoms with E-state index in [1.165, 1.54) is 16.1 Å². The zero-order chi connectivity index (χ0) is 21.0. The SMILES string of the molecule is O=C(CSc1nc2ncccn2n1)NCc1ccc(S(=O)(=O)N2CCOCC2)cc1. The lowest BCUT2D eigenvalue weighted by Gasteiger charge is -2.26. The summed E-state index contributed by atoms with van der Waals surface area (Å²) in [5.74, 6) is 0.477. The highest BCUT2D eigenvalue weighted by atomic mass is 32.2. The molecule has 1 amide bonds. The molecule has 2 aromatic heterocycles. The highest BCUT2D eigenvalue weighted by Gasteiger charge is 2.26. The third kappa shape index (κ3) is 4.78. The van der Waals surface area contributed by atoms with E-state index >= 15 is 0 Å². The standard InChI is InChI=1S/C18H20N6O4S2/c25-16(13-29-18-21-17-19-6-1-7-24(17)22-18)20-12-14-2-4-15(5-3-14)30(26,27)23-8-10-28-11-9-23/h1-7H,8-13H2,(H,20,25). The Morgan fingerprint density at radius 2 is 1.97 bits per heavy atom. The lowest BCUT2D eigenvalue weighted by atomic mass is 10.2. The van der Waals surface area contributed by atoms with E-state index in [-0.39, 0.29) is 16.6 Å². The average Bonchev–Trinajstić information content (AvgIpc) is 3.20. The Hall–Kier alpha value is -2.54. The molecular formula is C18H20N6O4S2. The van der Waals surface area contributed by atoms with Crippen molar-refractivity contribution < 1.29 is 17.9 Å². The quantitative estimate of drug-likeness (QED) is 0.521. The van der Waals surface area contributed by atoms with Gasteiger partial charge in [0.15, 0.2) is 0 Å². The van der Waals surface area contributed by atoms with Gasteiger partial charge in [-0.2, -0.15) is 9.29 Å². The minimum absolute atomic E-state index is 0.167. The molecule has 1 saturated heterocycles. The van der Waals surface area contributed by atoms with E-state index in [9.17, 15) is 13.2 Å². The second-order valence-electron chi connectivity index (χ2n) is 6.48. The van der Waals surface area contributed by atoms with Crippen molar-refractivity contribution in [2.24, 2.45) is 0 Å². The first kappa shape index (κ1) is 20.7. The van der Waals surface area contributed by atoms with Crippen LogP contribution >= 0.6 is 11.8 Å². The molecule has 0 aliphatic carbocycles. The molecule has 0 radical (unpaired) electrons. The Labute approximate surface area is 177 Å². The van der Waals surface area contributed by atoms with Crippen LogP contribution in [0, 0.1) is 0 Å². The summed E-state index contributed by atoms with van der Waals surface area (Å²) in [6.45, 7) is 1.83. The number of ether oxygens (including phenoxy) is 1. The van der Waals surface area contributed by atoms with Crippen molar-refractivity contribution in [3.8, 4) is 0 Å². The van der Waals surface area contributed by atoms with Gasteiger partial charge in [-0.3, -0.25) is 4.79 Å². The van der Waals surface area contributed by atoms with Crippen molar-refractivity contribution >= 4 is 33.5 Å². The number of nitrogens with zero attached hydrogens (tertiary/aromatic N) is 5. The second-order valence-corrected chi connectivity index (χ2v) is 9.36. The summed E-state index contributed by atoms with van der Waals surface area (Å²) in [6.07, 6.45) is 3.37. The molecule has 1 aliphatic rings. The number of sulfonamides is 1. The average molecular weight is 449 g/mol. The van der Waals surface area contributed by atoms with Crippen LogP contribution in [0.3, 0.4) is 0 Å². The van der Waals surface area contributed by atoms with Crippen LogP contribution < -0.4 is 5.32 Å². The van der Waals surface area contributed by atoms with Crippen molar-refractivity contribution in [3.63, 3.8) is 0 Å². The molecule has 3 aromatic rings. The molecule has 0 saturated carbocycles. The largest absolute Gasteiger partial charge is 0.379 e. The number of aromatic nitrogens is 4. The van der Waals surface area contributed by atoms with Crippen LogP contribution in [-0.2, 0) is 26.1 Å². The number of rotatable bonds is 7. The number of carbonyl (C=O) groups is 1. The van der Waals surface area contributed by atoms with Crippen LogP contribution in [0.2, 0.25) is 0 Å². The van der Waals surface area contributed by atoms with Crippen molar-refractivity contribution in [3.05, 3.63) is 48.3 Å². The molecule has 10 nitrogen and oxygen atoms in total. The van der Waals surface area contributed by atoms with Crippen LogP contribution in [0.4, 0.5) is 0 Å². The highest BCUT2D eigenvalue weighted by molar-refractivity contribution is 7.99. The van der Waals surface area contributed by atoms with E-state index in [4.69, 9.17) is 4.74 Å². The third-order valence-corrected chi connectivity index (χ3v) is 7.20. The minimum atomic E-state index is -3.52. The molecule has 0 unspecified atom stereocenters. The van der Waals surface area contributed by atoms with E-state index in [1.807, 2.05) is 0 Å². The first-order chi connectivity index (χ1) is 14.5. The number of hydrogen-bond donors (Lipinski definition) is 1. The first-order valence-corrected chi connectivity index (χ1v) is 11.7. The van der Waals surface area contributed by atoms with E-state index < -0.39 is 10.0 Å². The van der Waals surface area contributed by atoms with Gasteiger partial charge in [0.2, 0.25) is 21.1 Å². The molecule has 0 spiro atoms. The summed E-state index contributed by atoms with van der Waals surface area (Å²) >= 11 is 1.22. The van der Waals surface area contributed by atoms with Gasteiger partial charge in [-0.15, -0.1) is 5.10 Å². The Kier molecular flexibility index (Phi) is 6.27. The van der Waals surface area contributed by atoms with Gasteiger partial charge in [-0.1, -0.05) is 23.9 Å². The van der Waals surface area contributed by atoms with E-state index in [1.54, 1.807) is 47.2 Å². The number of amides is 1. The summed E-state index contributed by atoms with van der Waals surface area (Å²) in [5, 5.41) is 7.52. The van der Waals surface area contributed by atoms with E-state index in [0.29, 0.717) is 43.8 Å². The summed E-state index contributed by atoms with van der Waals surface area (Å²) in [7, 11) is -3.52. The van der Waals surface area contributed by atoms with E-state index in [2.05, 4.69) is 20.4 Å². The number of benzene rings is 1. The molecule has 1 fully saturated rings. The smallest absolute Gasteiger partial charge is 0.253 e. The number of thioether (sulfide) groups is 1. The molecule has 1 aromatic carbocycles. The minimum Gasteiger partial charge on any atom is -0.379 e. The molecule has 30 heavy (non-hydrogen) atoms. The molecule has 0 bridgehead atoms. The number of fused-ring (bicyclic) bond motifs is 1. The maximum absolute atomic E-state index is 12.6. The van der Waals surface area contributed by atoms with Gasteiger partial charge in [-0.05, 0) is 23.8 Å².